The summed E-state index contributed by atoms with van der Waals surface area (Å²) in [6.07, 6.45) is 1.13. The number of imide groups is 1. The van der Waals surface area contributed by atoms with E-state index in [4.69, 9.17) is 4.74 Å². The molecule has 0 N–H and O–H groups in total. The first-order valence-electron chi connectivity index (χ1n) is 6.35. The topological polar surface area (TPSA) is 72.9 Å². The molecule has 6 nitrogen and oxygen atoms in total. The van der Waals surface area contributed by atoms with Crippen molar-refractivity contribution in [1.29, 1.82) is 0 Å². The van der Waals surface area contributed by atoms with E-state index in [1.807, 2.05) is 0 Å². The second-order valence-electron chi connectivity index (χ2n) is 6.16. The molecule has 1 aliphatic carbocycles. The summed E-state index contributed by atoms with van der Waals surface area (Å²) in [6, 6.07) is 0. The van der Waals surface area contributed by atoms with Crippen molar-refractivity contribution < 1.29 is 23.9 Å². The Kier molecular flexibility index (Phi) is 3.07. The van der Waals surface area contributed by atoms with E-state index in [-0.39, 0.29) is 0 Å². The minimum absolute atomic E-state index is 0.345. The highest BCUT2D eigenvalue weighted by Crippen LogP contribution is 2.52. The molecule has 1 saturated heterocycles. The summed E-state index contributed by atoms with van der Waals surface area (Å²) in [6.45, 7) is 5.22. The predicted molar refractivity (Wildman–Crippen MR) is 65.2 cm³/mol. The van der Waals surface area contributed by atoms with Crippen LogP contribution in [0, 0.1) is 5.92 Å². The number of amides is 2. The van der Waals surface area contributed by atoms with Gasteiger partial charge in [0.05, 0.1) is 12.6 Å². The lowest BCUT2D eigenvalue weighted by molar-refractivity contribution is -0.150. The van der Waals surface area contributed by atoms with Gasteiger partial charge < -0.3 is 9.47 Å². The van der Waals surface area contributed by atoms with Gasteiger partial charge in [-0.25, -0.2) is 9.69 Å². The van der Waals surface area contributed by atoms with Crippen LogP contribution in [0.15, 0.2) is 0 Å². The van der Waals surface area contributed by atoms with Gasteiger partial charge in [-0.2, -0.15) is 0 Å². The van der Waals surface area contributed by atoms with Crippen molar-refractivity contribution in [2.75, 3.05) is 7.11 Å². The van der Waals surface area contributed by atoms with Gasteiger partial charge in [0.2, 0.25) is 5.91 Å². The normalized spacial score (nSPS) is 24.5. The smallest absolute Gasteiger partial charge is 0.417 e. The number of methoxy groups -OCH3 is 1. The average molecular weight is 269 g/mol. The van der Waals surface area contributed by atoms with Gasteiger partial charge in [-0.1, -0.05) is 0 Å². The predicted octanol–water partition coefficient (Wildman–Crippen LogP) is 1.48. The molecule has 1 aliphatic heterocycles. The van der Waals surface area contributed by atoms with E-state index in [1.165, 1.54) is 7.11 Å². The number of likely N-dealkylation sites (tertiary alicyclic amines) is 1. The zero-order valence-electron chi connectivity index (χ0n) is 11.7. The van der Waals surface area contributed by atoms with Crippen molar-refractivity contribution in [3.8, 4) is 0 Å². The molecule has 1 spiro atoms. The van der Waals surface area contributed by atoms with E-state index >= 15 is 0 Å². The fourth-order valence-corrected chi connectivity index (χ4v) is 2.44. The van der Waals surface area contributed by atoms with Crippen molar-refractivity contribution in [3.05, 3.63) is 0 Å². The molecule has 0 aromatic rings. The molecule has 2 amide bonds. The third kappa shape index (κ3) is 2.43. The fraction of sp³-hybridized carbons (Fsp3) is 0.769. The number of hydrogen-bond acceptors (Lipinski definition) is 5. The molecule has 0 bridgehead atoms. The third-order valence-corrected chi connectivity index (χ3v) is 3.47. The molecule has 0 aromatic carbocycles. The maximum Gasteiger partial charge on any atom is 0.417 e. The molecule has 0 aromatic heterocycles. The van der Waals surface area contributed by atoms with E-state index < -0.39 is 35.0 Å². The Balaban J connectivity index is 2.18. The lowest BCUT2D eigenvalue weighted by Crippen LogP contribution is -2.44. The van der Waals surface area contributed by atoms with Gasteiger partial charge >= 0.3 is 12.1 Å². The summed E-state index contributed by atoms with van der Waals surface area (Å²) >= 11 is 0. The molecule has 2 aliphatic rings. The largest absolute Gasteiger partial charge is 0.468 e. The SMILES string of the molecule is COC(=O)C1CC2(CC2)N(C(=O)OC(C)(C)C)C1=O. The summed E-state index contributed by atoms with van der Waals surface area (Å²) < 4.78 is 9.86. The Hall–Kier alpha value is -1.59. The molecule has 2 rings (SSSR count). The summed E-state index contributed by atoms with van der Waals surface area (Å²) in [5.41, 5.74) is -1.19. The van der Waals surface area contributed by atoms with E-state index in [9.17, 15) is 14.4 Å². The molecular formula is C13H19NO5. The average Bonchev–Trinajstić information content (AvgIpc) is 2.96. The van der Waals surface area contributed by atoms with Crippen LogP contribution in [-0.2, 0) is 19.1 Å². The zero-order chi connectivity index (χ0) is 14.4. The Bertz CT molecular complexity index is 433. The van der Waals surface area contributed by atoms with Crippen LogP contribution in [0.25, 0.3) is 0 Å². The van der Waals surface area contributed by atoms with E-state index in [0.29, 0.717) is 6.42 Å². The van der Waals surface area contributed by atoms with Crippen molar-refractivity contribution in [2.24, 2.45) is 5.92 Å². The van der Waals surface area contributed by atoms with Gasteiger partial charge in [0.1, 0.15) is 11.5 Å². The van der Waals surface area contributed by atoms with Crippen molar-refractivity contribution in [1.82, 2.24) is 4.90 Å². The first kappa shape index (κ1) is 13.8. The Morgan fingerprint density at radius 3 is 2.32 bits per heavy atom. The van der Waals surface area contributed by atoms with Crippen LogP contribution in [0.4, 0.5) is 4.79 Å². The van der Waals surface area contributed by atoms with E-state index in [0.717, 1.165) is 17.7 Å². The number of rotatable bonds is 1. The highest BCUT2D eigenvalue weighted by atomic mass is 16.6. The summed E-state index contributed by atoms with van der Waals surface area (Å²) in [5, 5.41) is 0. The van der Waals surface area contributed by atoms with Gasteiger partial charge in [0, 0.05) is 0 Å². The first-order chi connectivity index (χ1) is 8.70. The van der Waals surface area contributed by atoms with Crippen LogP contribution in [0.1, 0.15) is 40.0 Å². The fourth-order valence-electron chi connectivity index (χ4n) is 2.44. The van der Waals surface area contributed by atoms with Gasteiger partial charge in [0.25, 0.3) is 0 Å². The first-order valence-corrected chi connectivity index (χ1v) is 6.35. The highest BCUT2D eigenvalue weighted by Gasteiger charge is 2.63. The Labute approximate surface area is 112 Å². The summed E-state index contributed by atoms with van der Waals surface area (Å²) in [7, 11) is 1.24. The van der Waals surface area contributed by atoms with Crippen LogP contribution in [-0.4, -0.2) is 41.1 Å². The molecular weight excluding hydrogens is 250 g/mol. The molecule has 0 radical (unpaired) electrons. The molecule has 106 valence electrons. The molecule has 2 fully saturated rings. The number of nitrogens with zero attached hydrogens (tertiary/aromatic N) is 1. The standard InChI is InChI=1S/C13H19NO5/c1-12(2,3)19-11(17)14-9(15)8(10(16)18-4)7-13(14)5-6-13/h8H,5-7H2,1-4H3. The number of carbonyl (C=O) groups is 3. The lowest BCUT2D eigenvalue weighted by Gasteiger charge is -2.27. The molecule has 1 atom stereocenters. The van der Waals surface area contributed by atoms with Crippen molar-refractivity contribution in [3.63, 3.8) is 0 Å². The van der Waals surface area contributed by atoms with Crippen LogP contribution in [0.2, 0.25) is 0 Å². The van der Waals surface area contributed by atoms with Gasteiger partial charge in [0.15, 0.2) is 0 Å². The molecule has 19 heavy (non-hydrogen) atoms. The third-order valence-electron chi connectivity index (χ3n) is 3.47. The highest BCUT2D eigenvalue weighted by molar-refractivity contribution is 6.06. The minimum atomic E-state index is -0.875. The second-order valence-corrected chi connectivity index (χ2v) is 6.16. The molecule has 6 heteroatoms. The Morgan fingerprint density at radius 1 is 1.32 bits per heavy atom. The number of esters is 1. The monoisotopic (exact) mass is 269 g/mol. The zero-order valence-corrected chi connectivity index (χ0v) is 11.7. The van der Waals surface area contributed by atoms with Crippen molar-refractivity contribution in [2.45, 2.75) is 51.2 Å². The van der Waals surface area contributed by atoms with E-state index in [2.05, 4.69) is 4.74 Å². The lowest BCUT2D eigenvalue weighted by atomic mass is 10.0. The maximum absolute atomic E-state index is 12.2. The summed E-state index contributed by atoms with van der Waals surface area (Å²) in [5.74, 6) is -1.96. The van der Waals surface area contributed by atoms with Gasteiger partial charge in [-0.3, -0.25) is 9.59 Å². The van der Waals surface area contributed by atoms with Gasteiger partial charge in [-0.15, -0.1) is 0 Å². The minimum Gasteiger partial charge on any atom is -0.468 e. The van der Waals surface area contributed by atoms with Gasteiger partial charge in [-0.05, 0) is 40.0 Å². The number of carbonyl (C=O) groups excluding carboxylic acids is 3. The molecule has 1 unspecified atom stereocenters. The molecule has 1 heterocycles. The van der Waals surface area contributed by atoms with Crippen LogP contribution in [0.3, 0.4) is 0 Å². The number of hydrogen-bond donors (Lipinski definition) is 0. The van der Waals surface area contributed by atoms with Crippen LogP contribution in [0.5, 0.6) is 0 Å². The van der Waals surface area contributed by atoms with Crippen LogP contribution < -0.4 is 0 Å². The maximum atomic E-state index is 12.2. The van der Waals surface area contributed by atoms with Crippen LogP contribution >= 0.6 is 0 Å². The van der Waals surface area contributed by atoms with Crippen molar-refractivity contribution >= 4 is 18.0 Å². The Morgan fingerprint density at radius 2 is 1.89 bits per heavy atom. The quantitative estimate of drug-likeness (QED) is 0.532. The second kappa shape index (κ2) is 4.21. The summed E-state index contributed by atoms with van der Waals surface area (Å²) in [4.78, 5) is 37.0. The molecule has 1 saturated carbocycles. The van der Waals surface area contributed by atoms with E-state index in [1.54, 1.807) is 20.8 Å². The number of ether oxygens (including phenoxy) is 2.